The maximum absolute atomic E-state index is 12.5. The van der Waals surface area contributed by atoms with Crippen molar-refractivity contribution >= 4 is 29.2 Å². The predicted molar refractivity (Wildman–Crippen MR) is 98.7 cm³/mol. The third-order valence-electron chi connectivity index (χ3n) is 4.80. The van der Waals surface area contributed by atoms with Gasteiger partial charge in [-0.1, -0.05) is 18.2 Å². The normalized spacial score (nSPS) is 16.5. The van der Waals surface area contributed by atoms with Gasteiger partial charge in [0, 0.05) is 30.8 Å². The molecule has 1 aliphatic heterocycles. The number of carbonyl (C=O) groups is 1. The van der Waals surface area contributed by atoms with E-state index < -0.39 is 5.60 Å². The minimum Gasteiger partial charge on any atom is -0.368 e. The number of fused-ring (bicyclic) bond motifs is 1. The average Bonchev–Trinajstić information content (AvgIpc) is 3.02. The van der Waals surface area contributed by atoms with Crippen LogP contribution in [0.25, 0.3) is 10.9 Å². The number of halogens is 1. The Bertz CT molecular complexity index is 665. The molecule has 0 unspecified atom stereocenters. The molecular formula is C18H26ClN3O2. The van der Waals surface area contributed by atoms with Gasteiger partial charge in [0.15, 0.2) is 0 Å². The summed E-state index contributed by atoms with van der Waals surface area (Å²) in [5.74, 6) is 0.0282. The zero-order valence-electron chi connectivity index (χ0n) is 14.1. The van der Waals surface area contributed by atoms with Gasteiger partial charge in [0.2, 0.25) is 0 Å². The smallest absolute Gasteiger partial charge is 0.252 e. The summed E-state index contributed by atoms with van der Waals surface area (Å²) >= 11 is 0. The minimum atomic E-state index is -0.647. The van der Waals surface area contributed by atoms with Gasteiger partial charge in [0.25, 0.3) is 5.91 Å². The third-order valence-corrected chi connectivity index (χ3v) is 4.80. The molecule has 1 amide bonds. The van der Waals surface area contributed by atoms with Crippen LogP contribution in [0.5, 0.6) is 0 Å². The molecule has 1 saturated heterocycles. The zero-order valence-corrected chi connectivity index (χ0v) is 14.9. The van der Waals surface area contributed by atoms with Crippen LogP contribution in [0.15, 0.2) is 30.5 Å². The van der Waals surface area contributed by atoms with E-state index in [4.69, 9.17) is 4.74 Å². The van der Waals surface area contributed by atoms with Crippen LogP contribution < -0.4 is 10.6 Å². The second-order valence-corrected chi connectivity index (χ2v) is 6.17. The first kappa shape index (κ1) is 18.8. The summed E-state index contributed by atoms with van der Waals surface area (Å²) in [6.45, 7) is 2.34. The maximum Gasteiger partial charge on any atom is 0.252 e. The summed E-state index contributed by atoms with van der Waals surface area (Å²) in [6, 6.07) is 8.31. The summed E-state index contributed by atoms with van der Waals surface area (Å²) in [5, 5.41) is 7.59. The standard InChI is InChI=1S/C18H25N3O2.ClH/c1-23-18(8-11-19-12-9-18)17(22)20-10-4-5-14-13-21-16-7-3-2-6-15(14)16;/h2-3,6-7,13,19,21H,4-5,8-12H2,1H3,(H,20,22);1H. The molecule has 24 heavy (non-hydrogen) atoms. The van der Waals surface area contributed by atoms with Crippen molar-refractivity contribution in [1.29, 1.82) is 0 Å². The second kappa shape index (κ2) is 8.51. The molecule has 1 fully saturated rings. The monoisotopic (exact) mass is 351 g/mol. The molecule has 3 N–H and O–H groups in total. The number of hydrogen-bond acceptors (Lipinski definition) is 3. The molecule has 1 aromatic heterocycles. The van der Waals surface area contributed by atoms with Crippen LogP contribution in [0, 0.1) is 0 Å². The zero-order chi connectivity index (χ0) is 16.1. The molecule has 2 heterocycles. The molecule has 5 nitrogen and oxygen atoms in total. The summed E-state index contributed by atoms with van der Waals surface area (Å²) in [4.78, 5) is 15.7. The predicted octanol–water partition coefficient (Wildman–Crippen LogP) is 2.41. The molecule has 1 aliphatic rings. The van der Waals surface area contributed by atoms with Crippen molar-refractivity contribution in [3.8, 4) is 0 Å². The van der Waals surface area contributed by atoms with E-state index in [2.05, 4.69) is 40.0 Å². The number of aryl methyl sites for hydroxylation is 1. The number of carbonyl (C=O) groups excluding carboxylic acids is 1. The Labute approximate surface area is 148 Å². The lowest BCUT2D eigenvalue weighted by Gasteiger charge is -2.34. The Hall–Kier alpha value is -1.56. The molecule has 0 saturated carbocycles. The highest BCUT2D eigenvalue weighted by Gasteiger charge is 2.39. The highest BCUT2D eigenvalue weighted by atomic mass is 35.5. The number of H-pyrrole nitrogens is 1. The second-order valence-electron chi connectivity index (χ2n) is 6.17. The molecule has 0 radical (unpaired) electrons. The molecular weight excluding hydrogens is 326 g/mol. The molecule has 3 rings (SSSR count). The van der Waals surface area contributed by atoms with Gasteiger partial charge < -0.3 is 20.4 Å². The number of para-hydroxylation sites is 1. The lowest BCUT2D eigenvalue weighted by Crippen LogP contribution is -2.54. The van der Waals surface area contributed by atoms with Crippen LogP contribution in [-0.2, 0) is 16.0 Å². The summed E-state index contributed by atoms with van der Waals surface area (Å²) in [5.41, 5.74) is 1.82. The van der Waals surface area contributed by atoms with Gasteiger partial charge in [0.1, 0.15) is 5.60 Å². The van der Waals surface area contributed by atoms with Crippen LogP contribution in [0.2, 0.25) is 0 Å². The van der Waals surface area contributed by atoms with Crippen molar-refractivity contribution in [2.45, 2.75) is 31.3 Å². The first-order valence-corrected chi connectivity index (χ1v) is 8.34. The summed E-state index contributed by atoms with van der Waals surface area (Å²) < 4.78 is 5.54. The molecule has 1 aromatic carbocycles. The van der Waals surface area contributed by atoms with E-state index in [-0.39, 0.29) is 18.3 Å². The molecule has 132 valence electrons. The van der Waals surface area contributed by atoms with Gasteiger partial charge in [-0.15, -0.1) is 12.4 Å². The Kier molecular flexibility index (Phi) is 6.66. The highest BCUT2D eigenvalue weighted by Crippen LogP contribution is 2.23. The largest absolute Gasteiger partial charge is 0.368 e. The molecule has 6 heteroatoms. The molecule has 0 aliphatic carbocycles. The van der Waals surface area contributed by atoms with Crippen molar-refractivity contribution < 1.29 is 9.53 Å². The van der Waals surface area contributed by atoms with E-state index in [9.17, 15) is 4.79 Å². The number of aromatic nitrogens is 1. The van der Waals surface area contributed by atoms with Gasteiger partial charge in [-0.2, -0.15) is 0 Å². The molecule has 0 spiro atoms. The first-order chi connectivity index (χ1) is 11.2. The van der Waals surface area contributed by atoms with Gasteiger partial charge >= 0.3 is 0 Å². The van der Waals surface area contributed by atoms with Crippen LogP contribution in [0.3, 0.4) is 0 Å². The van der Waals surface area contributed by atoms with Gasteiger partial charge in [0.05, 0.1) is 0 Å². The quantitative estimate of drug-likeness (QED) is 0.700. The summed E-state index contributed by atoms with van der Waals surface area (Å²) in [7, 11) is 1.64. The lowest BCUT2D eigenvalue weighted by atomic mass is 9.91. The SMILES string of the molecule is COC1(C(=O)NCCCc2c[nH]c3ccccc23)CCNCC1.Cl. The van der Waals surface area contributed by atoms with Gasteiger partial charge in [-0.25, -0.2) is 0 Å². The first-order valence-electron chi connectivity index (χ1n) is 8.34. The number of benzene rings is 1. The Morgan fingerprint density at radius 1 is 1.29 bits per heavy atom. The average molecular weight is 352 g/mol. The fraction of sp³-hybridized carbons (Fsp3) is 0.500. The Morgan fingerprint density at radius 3 is 2.79 bits per heavy atom. The van der Waals surface area contributed by atoms with E-state index in [1.165, 1.54) is 16.5 Å². The topological polar surface area (TPSA) is 66.1 Å². The van der Waals surface area contributed by atoms with E-state index in [0.29, 0.717) is 6.54 Å². The fourth-order valence-electron chi connectivity index (χ4n) is 3.33. The number of piperidine rings is 1. The molecule has 2 aromatic rings. The van der Waals surface area contributed by atoms with Gasteiger partial charge in [-0.05, 0) is 50.4 Å². The van der Waals surface area contributed by atoms with Crippen LogP contribution in [0.4, 0.5) is 0 Å². The number of methoxy groups -OCH3 is 1. The van der Waals surface area contributed by atoms with Crippen LogP contribution in [0.1, 0.15) is 24.8 Å². The number of nitrogens with one attached hydrogen (secondary N) is 3. The summed E-state index contributed by atoms with van der Waals surface area (Å²) in [6.07, 6.45) is 5.41. The van der Waals surface area contributed by atoms with Crippen molar-refractivity contribution in [3.05, 3.63) is 36.0 Å². The van der Waals surface area contributed by atoms with Crippen LogP contribution in [-0.4, -0.2) is 43.2 Å². The van der Waals surface area contributed by atoms with E-state index in [0.717, 1.165) is 38.8 Å². The highest BCUT2D eigenvalue weighted by molar-refractivity contribution is 5.86. The van der Waals surface area contributed by atoms with Gasteiger partial charge in [-0.3, -0.25) is 4.79 Å². The van der Waals surface area contributed by atoms with Crippen molar-refractivity contribution in [2.75, 3.05) is 26.7 Å². The van der Waals surface area contributed by atoms with E-state index in [1.807, 2.05) is 6.07 Å². The maximum atomic E-state index is 12.5. The fourth-order valence-corrected chi connectivity index (χ4v) is 3.33. The number of hydrogen-bond donors (Lipinski definition) is 3. The number of ether oxygens (including phenoxy) is 1. The van der Waals surface area contributed by atoms with Crippen molar-refractivity contribution in [2.24, 2.45) is 0 Å². The minimum absolute atomic E-state index is 0. The number of rotatable bonds is 6. The third kappa shape index (κ3) is 3.91. The van der Waals surface area contributed by atoms with E-state index in [1.54, 1.807) is 7.11 Å². The number of amides is 1. The Morgan fingerprint density at radius 2 is 2.04 bits per heavy atom. The van der Waals surface area contributed by atoms with Crippen molar-refractivity contribution in [3.63, 3.8) is 0 Å². The van der Waals surface area contributed by atoms with Crippen molar-refractivity contribution in [1.82, 2.24) is 15.6 Å². The Balaban J connectivity index is 0.00000208. The number of aromatic amines is 1. The van der Waals surface area contributed by atoms with Crippen LogP contribution >= 0.6 is 12.4 Å². The van der Waals surface area contributed by atoms with E-state index >= 15 is 0 Å². The molecule has 0 bridgehead atoms. The molecule has 0 atom stereocenters. The lowest BCUT2D eigenvalue weighted by molar-refractivity contribution is -0.146.